The zero-order valence-electron chi connectivity index (χ0n) is 16.5. The number of nitrogens with one attached hydrogen (secondary N) is 1. The summed E-state index contributed by atoms with van der Waals surface area (Å²) < 4.78 is 30.2. The number of hydrazone groups is 1. The largest absolute Gasteiger partial charge is 0.378 e. The highest BCUT2D eigenvalue weighted by molar-refractivity contribution is 7.87. The van der Waals surface area contributed by atoms with Crippen molar-refractivity contribution in [2.24, 2.45) is 5.10 Å². The predicted molar refractivity (Wildman–Crippen MR) is 116 cm³/mol. The van der Waals surface area contributed by atoms with Gasteiger partial charge in [0.05, 0.1) is 16.1 Å². The summed E-state index contributed by atoms with van der Waals surface area (Å²) in [5, 5.41) is 25.5. The molecule has 0 aliphatic carbocycles. The Morgan fingerprint density at radius 3 is 2.21 bits per heavy atom. The topological polar surface area (TPSA) is 171 Å². The summed E-state index contributed by atoms with van der Waals surface area (Å²) in [6.45, 7) is 0. The van der Waals surface area contributed by atoms with Crippen molar-refractivity contribution in [2.75, 3.05) is 0 Å². The maximum atomic E-state index is 12.5. The number of nitro benzene ring substituents is 2. The Bertz CT molecular complexity index is 1350. The van der Waals surface area contributed by atoms with Gasteiger partial charge in [-0.3, -0.25) is 25.0 Å². The molecule has 0 unspecified atom stereocenters. The summed E-state index contributed by atoms with van der Waals surface area (Å²) in [7, 11) is -4.32. The molecule has 13 heteroatoms. The standard InChI is InChI=1S/C20H14N4O8S/c25-20(17-6-2-3-7-18(17)24(28)29)22-21-13-14-5-1-4-8-19(14)32-33(30,31)16-11-9-15(10-12-16)23(26)27/h1-13H,(H,22,25)/b21-13-. The Labute approximate surface area is 186 Å². The van der Waals surface area contributed by atoms with Gasteiger partial charge in [0.25, 0.3) is 17.3 Å². The van der Waals surface area contributed by atoms with Gasteiger partial charge in [0, 0.05) is 23.8 Å². The van der Waals surface area contributed by atoms with Crippen molar-refractivity contribution in [2.45, 2.75) is 4.90 Å². The Balaban J connectivity index is 1.78. The number of nitro groups is 2. The second kappa shape index (κ2) is 9.65. The lowest BCUT2D eigenvalue weighted by atomic mass is 10.2. The Kier molecular flexibility index (Phi) is 6.74. The van der Waals surface area contributed by atoms with Gasteiger partial charge in [-0.05, 0) is 30.3 Å². The second-order valence-corrected chi connectivity index (χ2v) is 7.85. The maximum Gasteiger partial charge on any atom is 0.339 e. The molecule has 0 aliphatic rings. The van der Waals surface area contributed by atoms with Crippen LogP contribution in [0.5, 0.6) is 5.75 Å². The minimum atomic E-state index is -4.32. The molecule has 0 aromatic heterocycles. The van der Waals surface area contributed by atoms with E-state index in [-0.39, 0.29) is 27.5 Å². The lowest BCUT2D eigenvalue weighted by molar-refractivity contribution is -0.385. The summed E-state index contributed by atoms with van der Waals surface area (Å²) in [5.41, 5.74) is 1.43. The van der Waals surface area contributed by atoms with E-state index in [4.69, 9.17) is 4.18 Å². The molecule has 1 amide bonds. The quantitative estimate of drug-likeness (QED) is 0.226. The summed E-state index contributed by atoms with van der Waals surface area (Å²) in [6.07, 6.45) is 1.10. The summed E-state index contributed by atoms with van der Waals surface area (Å²) >= 11 is 0. The van der Waals surface area contributed by atoms with Gasteiger partial charge >= 0.3 is 10.1 Å². The highest BCUT2D eigenvalue weighted by atomic mass is 32.2. The van der Waals surface area contributed by atoms with Crippen LogP contribution in [0.3, 0.4) is 0 Å². The smallest absolute Gasteiger partial charge is 0.339 e. The van der Waals surface area contributed by atoms with Crippen LogP contribution in [-0.2, 0) is 10.1 Å². The van der Waals surface area contributed by atoms with Crippen LogP contribution in [0.25, 0.3) is 0 Å². The number of para-hydroxylation sites is 2. The van der Waals surface area contributed by atoms with Gasteiger partial charge in [-0.25, -0.2) is 5.43 Å². The number of rotatable bonds is 8. The maximum absolute atomic E-state index is 12.5. The number of nitrogens with zero attached hydrogens (tertiary/aromatic N) is 3. The molecule has 0 bridgehead atoms. The molecule has 33 heavy (non-hydrogen) atoms. The molecule has 0 saturated carbocycles. The third-order valence-corrected chi connectivity index (χ3v) is 5.42. The molecule has 0 saturated heterocycles. The molecule has 3 aromatic carbocycles. The van der Waals surface area contributed by atoms with Crippen LogP contribution in [0.15, 0.2) is 82.8 Å². The van der Waals surface area contributed by atoms with Crippen LogP contribution in [0.2, 0.25) is 0 Å². The van der Waals surface area contributed by atoms with Crippen molar-refractivity contribution < 1.29 is 27.2 Å². The van der Waals surface area contributed by atoms with E-state index in [1.807, 2.05) is 0 Å². The molecule has 0 atom stereocenters. The minimum Gasteiger partial charge on any atom is -0.378 e. The number of carbonyl (C=O) groups is 1. The van der Waals surface area contributed by atoms with E-state index in [0.717, 1.165) is 30.5 Å². The summed E-state index contributed by atoms with van der Waals surface area (Å²) in [5.74, 6) is -0.963. The van der Waals surface area contributed by atoms with Crippen LogP contribution in [0.4, 0.5) is 11.4 Å². The van der Waals surface area contributed by atoms with Crippen molar-refractivity contribution in [1.29, 1.82) is 0 Å². The Morgan fingerprint density at radius 2 is 1.55 bits per heavy atom. The van der Waals surface area contributed by atoms with Gasteiger partial charge in [-0.1, -0.05) is 24.3 Å². The number of non-ortho nitro benzene ring substituents is 1. The molecular formula is C20H14N4O8S. The average molecular weight is 470 g/mol. The van der Waals surface area contributed by atoms with Crippen molar-refractivity contribution in [3.8, 4) is 5.75 Å². The van der Waals surface area contributed by atoms with Gasteiger partial charge in [-0.15, -0.1) is 0 Å². The van der Waals surface area contributed by atoms with Crippen LogP contribution in [-0.4, -0.2) is 30.4 Å². The van der Waals surface area contributed by atoms with E-state index >= 15 is 0 Å². The van der Waals surface area contributed by atoms with Crippen LogP contribution < -0.4 is 9.61 Å². The Hall–Kier alpha value is -4.65. The molecule has 12 nitrogen and oxygen atoms in total. The molecule has 1 N–H and O–H groups in total. The molecule has 0 heterocycles. The van der Waals surface area contributed by atoms with E-state index in [2.05, 4.69) is 10.5 Å². The number of hydrogen-bond acceptors (Lipinski definition) is 9. The van der Waals surface area contributed by atoms with E-state index < -0.39 is 31.6 Å². The first-order chi connectivity index (χ1) is 15.7. The molecule has 0 radical (unpaired) electrons. The number of carbonyl (C=O) groups excluding carboxylic acids is 1. The van der Waals surface area contributed by atoms with E-state index in [0.29, 0.717) is 0 Å². The lowest BCUT2D eigenvalue weighted by Gasteiger charge is -2.09. The first-order valence-electron chi connectivity index (χ1n) is 9.04. The van der Waals surface area contributed by atoms with Crippen LogP contribution >= 0.6 is 0 Å². The molecule has 3 aromatic rings. The summed E-state index contributed by atoms with van der Waals surface area (Å²) in [6, 6.07) is 15.3. The fourth-order valence-corrected chi connectivity index (χ4v) is 3.56. The van der Waals surface area contributed by atoms with Crippen molar-refractivity contribution in [1.82, 2.24) is 5.43 Å². The number of hydrogen-bond donors (Lipinski definition) is 1. The molecular weight excluding hydrogens is 456 g/mol. The number of amides is 1. The molecule has 0 fully saturated rings. The SMILES string of the molecule is O=C(N/N=C\c1ccccc1OS(=O)(=O)c1ccc([N+](=O)[O-])cc1)c1ccccc1[N+](=O)[O-]. The van der Waals surface area contributed by atoms with Crippen molar-refractivity contribution in [3.63, 3.8) is 0 Å². The van der Waals surface area contributed by atoms with Crippen molar-refractivity contribution >= 4 is 33.6 Å². The predicted octanol–water partition coefficient (Wildman–Crippen LogP) is 3.03. The fourth-order valence-electron chi connectivity index (χ4n) is 2.61. The van der Waals surface area contributed by atoms with Gasteiger partial charge in [0.1, 0.15) is 10.5 Å². The lowest BCUT2D eigenvalue weighted by Crippen LogP contribution is -2.19. The van der Waals surface area contributed by atoms with E-state index in [1.165, 1.54) is 42.5 Å². The third-order valence-electron chi connectivity index (χ3n) is 4.17. The first-order valence-corrected chi connectivity index (χ1v) is 10.4. The molecule has 168 valence electrons. The fraction of sp³-hybridized carbons (Fsp3) is 0. The Morgan fingerprint density at radius 1 is 0.909 bits per heavy atom. The normalized spacial score (nSPS) is 11.2. The third kappa shape index (κ3) is 5.54. The number of benzene rings is 3. The minimum absolute atomic E-state index is 0.125. The zero-order chi connectivity index (χ0) is 24.0. The van der Waals surface area contributed by atoms with Gasteiger partial charge < -0.3 is 4.18 Å². The molecule has 0 spiro atoms. The van der Waals surface area contributed by atoms with Crippen molar-refractivity contribution in [3.05, 3.63) is 104 Å². The second-order valence-electron chi connectivity index (χ2n) is 6.30. The van der Waals surface area contributed by atoms with E-state index in [9.17, 15) is 33.4 Å². The highest BCUT2D eigenvalue weighted by Gasteiger charge is 2.20. The average Bonchev–Trinajstić information content (AvgIpc) is 2.80. The van der Waals surface area contributed by atoms with Gasteiger partial charge in [0.2, 0.25) is 0 Å². The van der Waals surface area contributed by atoms with Crippen LogP contribution in [0.1, 0.15) is 15.9 Å². The highest BCUT2D eigenvalue weighted by Crippen LogP contribution is 2.23. The monoisotopic (exact) mass is 470 g/mol. The van der Waals surface area contributed by atoms with Crippen LogP contribution in [0, 0.1) is 20.2 Å². The van der Waals surface area contributed by atoms with Gasteiger partial charge in [-0.2, -0.15) is 13.5 Å². The van der Waals surface area contributed by atoms with E-state index in [1.54, 1.807) is 6.07 Å². The molecule has 3 rings (SSSR count). The summed E-state index contributed by atoms with van der Waals surface area (Å²) in [4.78, 5) is 32.3. The van der Waals surface area contributed by atoms with Gasteiger partial charge in [0.15, 0.2) is 5.75 Å². The zero-order valence-corrected chi connectivity index (χ0v) is 17.3. The first kappa shape index (κ1) is 23.0. The molecule has 0 aliphatic heterocycles.